The van der Waals surface area contributed by atoms with Crippen molar-refractivity contribution in [2.75, 3.05) is 25.5 Å². The third kappa shape index (κ3) is 7.65. The number of aromatic nitrogens is 4. The molecule has 48 heavy (non-hydrogen) atoms. The van der Waals surface area contributed by atoms with Crippen molar-refractivity contribution in [1.82, 2.24) is 41.2 Å². The van der Waals surface area contributed by atoms with Crippen LogP contribution in [-0.2, 0) is 22.7 Å². The first kappa shape index (κ1) is 33.5. The van der Waals surface area contributed by atoms with Gasteiger partial charge in [0.15, 0.2) is 11.6 Å². The maximum atomic E-state index is 15.4. The molecule has 5 N–H and O–H groups in total. The fourth-order valence-electron chi connectivity index (χ4n) is 5.72. The molecule has 3 aromatic heterocycles. The van der Waals surface area contributed by atoms with Gasteiger partial charge in [-0.1, -0.05) is 41.4 Å². The second-order valence-electron chi connectivity index (χ2n) is 11.5. The van der Waals surface area contributed by atoms with Gasteiger partial charge >= 0.3 is 0 Å². The average molecular weight is 695 g/mol. The van der Waals surface area contributed by atoms with Crippen LogP contribution in [0.2, 0.25) is 10.0 Å². The number of benzene rings is 1. The monoisotopic (exact) mass is 693 g/mol. The van der Waals surface area contributed by atoms with E-state index in [0.29, 0.717) is 71.6 Å². The molecule has 1 aromatic carbocycles. The number of nitrogens with one attached hydrogen (secondary N) is 5. The van der Waals surface area contributed by atoms with Gasteiger partial charge in [-0.2, -0.15) is 0 Å². The van der Waals surface area contributed by atoms with Crippen molar-refractivity contribution in [3.05, 3.63) is 76.0 Å². The van der Waals surface area contributed by atoms with Crippen LogP contribution in [0.4, 0.5) is 15.9 Å². The van der Waals surface area contributed by atoms with Crippen molar-refractivity contribution in [3.63, 3.8) is 0 Å². The number of anilines is 2. The Morgan fingerprint density at radius 2 is 1.62 bits per heavy atom. The van der Waals surface area contributed by atoms with Crippen molar-refractivity contribution in [2.24, 2.45) is 0 Å². The first-order valence-electron chi connectivity index (χ1n) is 15.5. The van der Waals surface area contributed by atoms with Crippen LogP contribution < -0.4 is 31.3 Å². The highest BCUT2D eigenvalue weighted by atomic mass is 35.5. The molecule has 0 aliphatic carbocycles. The molecule has 2 atom stereocenters. The second kappa shape index (κ2) is 15.2. The molecule has 2 amide bonds. The van der Waals surface area contributed by atoms with E-state index in [1.165, 1.54) is 6.33 Å². The Morgan fingerprint density at radius 3 is 2.31 bits per heavy atom. The molecule has 6 rings (SSSR count). The van der Waals surface area contributed by atoms with Gasteiger partial charge in [-0.05, 0) is 31.0 Å². The van der Waals surface area contributed by atoms with Gasteiger partial charge in [0.1, 0.15) is 6.33 Å². The number of pyridine rings is 2. The van der Waals surface area contributed by atoms with Gasteiger partial charge in [0.05, 0.1) is 39.9 Å². The molecule has 2 aliphatic rings. The predicted octanol–water partition coefficient (Wildman–Crippen LogP) is 4.54. The molecule has 250 valence electrons. The smallest absolute Gasteiger partial charge is 0.220 e. The van der Waals surface area contributed by atoms with Crippen molar-refractivity contribution in [3.8, 4) is 28.4 Å². The van der Waals surface area contributed by atoms with Crippen molar-refractivity contribution in [1.29, 1.82) is 0 Å². The summed E-state index contributed by atoms with van der Waals surface area (Å²) in [5.74, 6) is -0.117. The topological polar surface area (TPSA) is 155 Å². The summed E-state index contributed by atoms with van der Waals surface area (Å²) >= 11 is 13.8. The number of rotatable bonds is 13. The lowest BCUT2D eigenvalue weighted by Crippen LogP contribution is -2.35. The van der Waals surface area contributed by atoms with Crippen molar-refractivity contribution >= 4 is 46.5 Å². The first-order valence-corrected chi connectivity index (χ1v) is 16.3. The zero-order valence-corrected chi connectivity index (χ0v) is 27.6. The number of hydrogen-bond donors (Lipinski definition) is 5. The lowest BCUT2D eigenvalue weighted by atomic mass is 10.1. The van der Waals surface area contributed by atoms with E-state index < -0.39 is 5.82 Å². The number of halogens is 3. The zero-order valence-electron chi connectivity index (χ0n) is 26.1. The van der Waals surface area contributed by atoms with Crippen molar-refractivity contribution in [2.45, 2.75) is 50.9 Å². The highest BCUT2D eigenvalue weighted by molar-refractivity contribution is 6.39. The number of nitrogens with zero attached hydrogens (tertiary/aromatic N) is 4. The molecular formula is C33H34Cl2FN9O3. The van der Waals surface area contributed by atoms with Crippen LogP contribution >= 0.6 is 23.2 Å². The molecule has 0 spiro atoms. The molecule has 2 fully saturated rings. The maximum Gasteiger partial charge on any atom is 0.220 e. The highest BCUT2D eigenvalue weighted by Gasteiger charge is 2.23. The molecule has 0 radical (unpaired) electrons. The van der Waals surface area contributed by atoms with Gasteiger partial charge in [0.25, 0.3) is 0 Å². The number of carbonyl (C=O) groups excluding carboxylic acids is 2. The Balaban J connectivity index is 1.17. The van der Waals surface area contributed by atoms with Crippen LogP contribution in [0.15, 0.2) is 48.9 Å². The third-order valence-electron chi connectivity index (χ3n) is 8.23. The van der Waals surface area contributed by atoms with E-state index in [-0.39, 0.29) is 47.0 Å². The Kier molecular flexibility index (Phi) is 10.6. The third-order valence-corrected chi connectivity index (χ3v) is 9.02. The molecule has 15 heteroatoms. The van der Waals surface area contributed by atoms with Crippen LogP contribution in [-0.4, -0.2) is 64.0 Å². The summed E-state index contributed by atoms with van der Waals surface area (Å²) in [6.07, 6.45) is 5.49. The van der Waals surface area contributed by atoms with Gasteiger partial charge in [-0.15, -0.1) is 0 Å². The largest absolute Gasteiger partial charge is 0.481 e. The van der Waals surface area contributed by atoms with Crippen molar-refractivity contribution < 1.29 is 18.7 Å². The van der Waals surface area contributed by atoms with E-state index in [9.17, 15) is 9.59 Å². The Labute approximate surface area is 286 Å². The summed E-state index contributed by atoms with van der Waals surface area (Å²) < 4.78 is 21.0. The van der Waals surface area contributed by atoms with Crippen LogP contribution in [0.5, 0.6) is 5.88 Å². The van der Waals surface area contributed by atoms with E-state index in [0.717, 1.165) is 18.4 Å². The van der Waals surface area contributed by atoms with Crippen LogP contribution in [0.1, 0.15) is 36.9 Å². The number of amides is 2. The summed E-state index contributed by atoms with van der Waals surface area (Å²) in [5.41, 5.74) is 3.58. The lowest BCUT2D eigenvalue weighted by Gasteiger charge is -2.16. The lowest BCUT2D eigenvalue weighted by molar-refractivity contribution is -0.120. The minimum atomic E-state index is -0.621. The summed E-state index contributed by atoms with van der Waals surface area (Å²) in [4.78, 5) is 40.3. The number of ether oxygens (including phenoxy) is 1. The standard InChI is InChI=1S/C33H34Cl2FN9O3/c1-48-33-18(13-37-14-19-6-9-26(46)42-19)5-8-23(45-33)21-11-12-39-31(29(21)35)22-3-2-4-24(28(22)34)44-32-30(36)25(40-17-41-32)16-38-15-20-7-10-27(47)43-20/h2-5,8,11-12,17,19-20,37-38H,6-7,9-10,13-16H2,1H3,(H,42,46)(H,43,47)(H,40,41,44)/t19-,20+/m0/s1. The van der Waals surface area contributed by atoms with Gasteiger partial charge in [-0.3, -0.25) is 14.6 Å². The maximum absolute atomic E-state index is 15.4. The minimum absolute atomic E-state index is 0.0128. The SMILES string of the molecule is COc1nc(-c2ccnc(-c3cccc(Nc4ncnc(CNC[C@H]5CCC(=O)N5)c4F)c3Cl)c2Cl)ccc1CNC[C@@H]1CCC(=O)N1. The molecule has 4 aromatic rings. The van der Waals surface area contributed by atoms with Gasteiger partial charge in [0.2, 0.25) is 17.7 Å². The Bertz CT molecular complexity index is 1830. The van der Waals surface area contributed by atoms with E-state index in [1.54, 1.807) is 37.6 Å². The Hall–Kier alpha value is -4.43. The summed E-state index contributed by atoms with van der Waals surface area (Å²) in [5, 5.41) is 15.9. The van der Waals surface area contributed by atoms with E-state index >= 15 is 4.39 Å². The van der Waals surface area contributed by atoms with Gasteiger partial charge < -0.3 is 31.3 Å². The number of methoxy groups -OCH3 is 1. The minimum Gasteiger partial charge on any atom is -0.481 e. The average Bonchev–Trinajstić information content (AvgIpc) is 3.70. The fraction of sp³-hybridized carbons (Fsp3) is 0.333. The predicted molar refractivity (Wildman–Crippen MR) is 180 cm³/mol. The molecular weight excluding hydrogens is 660 g/mol. The second-order valence-corrected chi connectivity index (χ2v) is 12.3. The fourth-order valence-corrected chi connectivity index (χ4v) is 6.30. The highest BCUT2D eigenvalue weighted by Crippen LogP contribution is 2.40. The Morgan fingerprint density at radius 1 is 0.896 bits per heavy atom. The zero-order chi connectivity index (χ0) is 33.6. The summed E-state index contributed by atoms with van der Waals surface area (Å²) in [6.45, 7) is 1.82. The van der Waals surface area contributed by atoms with Crippen LogP contribution in [0, 0.1) is 5.82 Å². The molecule has 12 nitrogen and oxygen atoms in total. The number of hydrogen-bond acceptors (Lipinski definition) is 10. The van der Waals surface area contributed by atoms with Gasteiger partial charge in [-0.25, -0.2) is 19.3 Å². The molecule has 5 heterocycles. The first-order chi connectivity index (χ1) is 23.3. The van der Waals surface area contributed by atoms with Gasteiger partial charge in [0, 0.05) is 74.0 Å². The van der Waals surface area contributed by atoms with E-state index in [1.807, 2.05) is 12.1 Å². The van der Waals surface area contributed by atoms with Crippen LogP contribution in [0.3, 0.4) is 0 Å². The molecule has 2 saturated heterocycles. The molecule has 0 saturated carbocycles. The molecule has 2 aliphatic heterocycles. The summed E-state index contributed by atoms with van der Waals surface area (Å²) in [6, 6.07) is 10.9. The quantitative estimate of drug-likeness (QED) is 0.135. The summed E-state index contributed by atoms with van der Waals surface area (Å²) in [7, 11) is 1.56. The molecule has 0 unspecified atom stereocenters. The van der Waals surface area contributed by atoms with Crippen LogP contribution in [0.25, 0.3) is 22.5 Å². The molecule has 0 bridgehead atoms. The van der Waals surface area contributed by atoms with E-state index in [2.05, 4.69) is 41.5 Å². The normalized spacial score (nSPS) is 17.3. The van der Waals surface area contributed by atoms with E-state index in [4.69, 9.17) is 32.9 Å². The number of carbonyl (C=O) groups is 2.